The predicted octanol–water partition coefficient (Wildman–Crippen LogP) is 1.91. The molecule has 1 unspecified atom stereocenters. The van der Waals surface area contributed by atoms with Crippen LogP contribution in [-0.2, 0) is 5.41 Å². The summed E-state index contributed by atoms with van der Waals surface area (Å²) in [7, 11) is 4.00. The molecule has 1 aromatic rings. The lowest BCUT2D eigenvalue weighted by atomic mass is 9.96. The number of piperazine rings is 1. The summed E-state index contributed by atoms with van der Waals surface area (Å²) in [5.41, 5.74) is 1.15. The fraction of sp³-hybridized carbons (Fsp3) is 0.667. The number of hydrogen-bond acceptors (Lipinski definition) is 3. The van der Waals surface area contributed by atoms with E-state index in [1.165, 1.54) is 6.07 Å². The van der Waals surface area contributed by atoms with Gasteiger partial charge in [0.1, 0.15) is 5.82 Å². The maximum Gasteiger partial charge on any atom is 0.191 e. The molecule has 0 bridgehead atoms. The van der Waals surface area contributed by atoms with Gasteiger partial charge in [-0.25, -0.2) is 4.39 Å². The number of nitrogens with one attached hydrogen (secondary N) is 2. The van der Waals surface area contributed by atoms with E-state index < -0.39 is 0 Å². The Balaban J connectivity index is 1.42. The van der Waals surface area contributed by atoms with E-state index in [1.807, 2.05) is 13.1 Å². The van der Waals surface area contributed by atoms with Crippen LogP contribution in [0, 0.1) is 11.7 Å². The summed E-state index contributed by atoms with van der Waals surface area (Å²) < 4.78 is 13.6. The molecule has 2 aliphatic rings. The largest absolute Gasteiger partial charge is 0.356 e. The van der Waals surface area contributed by atoms with Gasteiger partial charge in [0.15, 0.2) is 5.96 Å². The van der Waals surface area contributed by atoms with Gasteiger partial charge in [-0.15, -0.1) is 0 Å². The number of rotatable bonds is 7. The lowest BCUT2D eigenvalue weighted by Crippen LogP contribution is -2.48. The molecule has 150 valence electrons. The number of halogens is 1. The van der Waals surface area contributed by atoms with Gasteiger partial charge in [-0.1, -0.05) is 19.1 Å². The zero-order chi connectivity index (χ0) is 19.3. The molecule has 3 rings (SSSR count). The molecule has 5 nitrogen and oxygen atoms in total. The van der Waals surface area contributed by atoms with Gasteiger partial charge in [-0.05, 0) is 43.5 Å². The summed E-state index contributed by atoms with van der Waals surface area (Å²) in [6, 6.07) is 7.02. The van der Waals surface area contributed by atoms with E-state index in [0.717, 1.165) is 70.2 Å². The van der Waals surface area contributed by atoms with Gasteiger partial charge >= 0.3 is 0 Å². The Kier molecular flexibility index (Phi) is 6.71. The van der Waals surface area contributed by atoms with Crippen molar-refractivity contribution in [3.05, 3.63) is 35.6 Å². The lowest BCUT2D eigenvalue weighted by molar-refractivity contribution is 0.139. The van der Waals surface area contributed by atoms with E-state index in [2.05, 4.69) is 39.4 Å². The minimum absolute atomic E-state index is 0.0607. The summed E-state index contributed by atoms with van der Waals surface area (Å²) in [6.45, 7) is 9.73. The Morgan fingerprint density at radius 2 is 1.96 bits per heavy atom. The highest BCUT2D eigenvalue weighted by molar-refractivity contribution is 5.79. The first-order valence-corrected chi connectivity index (χ1v) is 10.1. The van der Waals surface area contributed by atoms with Crippen LogP contribution in [0.5, 0.6) is 0 Å². The third kappa shape index (κ3) is 5.66. The van der Waals surface area contributed by atoms with Crippen molar-refractivity contribution < 1.29 is 4.39 Å². The van der Waals surface area contributed by atoms with Crippen LogP contribution < -0.4 is 10.6 Å². The maximum absolute atomic E-state index is 13.6. The monoisotopic (exact) mass is 375 g/mol. The SMILES string of the molecule is CN=C(NCC(C)CN1CCN(C)CC1)NCC1(c2cccc(F)c2)CC1. The molecule has 1 aliphatic heterocycles. The maximum atomic E-state index is 13.6. The van der Waals surface area contributed by atoms with Crippen molar-refractivity contribution in [3.8, 4) is 0 Å². The van der Waals surface area contributed by atoms with E-state index >= 15 is 0 Å². The molecule has 0 aromatic heterocycles. The summed E-state index contributed by atoms with van der Waals surface area (Å²) in [6.07, 6.45) is 2.19. The Bertz CT molecular complexity index is 635. The topological polar surface area (TPSA) is 42.9 Å². The molecule has 27 heavy (non-hydrogen) atoms. The smallest absolute Gasteiger partial charge is 0.191 e. The molecular formula is C21H34FN5. The molecule has 1 aromatic carbocycles. The minimum Gasteiger partial charge on any atom is -0.356 e. The van der Waals surface area contributed by atoms with Gasteiger partial charge in [-0.3, -0.25) is 4.99 Å². The minimum atomic E-state index is -0.154. The molecule has 1 heterocycles. The Hall–Kier alpha value is -1.66. The first-order valence-electron chi connectivity index (χ1n) is 10.1. The van der Waals surface area contributed by atoms with Crippen LogP contribution in [0.3, 0.4) is 0 Å². The first-order chi connectivity index (χ1) is 13.0. The van der Waals surface area contributed by atoms with Crippen LogP contribution in [0.15, 0.2) is 29.3 Å². The number of benzene rings is 1. The van der Waals surface area contributed by atoms with Crippen LogP contribution in [0.1, 0.15) is 25.3 Å². The Morgan fingerprint density at radius 1 is 1.22 bits per heavy atom. The van der Waals surface area contributed by atoms with Crippen molar-refractivity contribution in [2.45, 2.75) is 25.2 Å². The van der Waals surface area contributed by atoms with Crippen molar-refractivity contribution in [2.24, 2.45) is 10.9 Å². The van der Waals surface area contributed by atoms with Gasteiger partial charge in [0.25, 0.3) is 0 Å². The molecule has 1 aliphatic carbocycles. The molecule has 2 fully saturated rings. The molecule has 2 N–H and O–H groups in total. The summed E-state index contributed by atoms with van der Waals surface area (Å²) in [4.78, 5) is 9.29. The van der Waals surface area contributed by atoms with Gasteiger partial charge in [0.2, 0.25) is 0 Å². The van der Waals surface area contributed by atoms with Gasteiger partial charge < -0.3 is 20.4 Å². The van der Waals surface area contributed by atoms with E-state index in [-0.39, 0.29) is 11.2 Å². The van der Waals surface area contributed by atoms with Crippen molar-refractivity contribution >= 4 is 5.96 Å². The molecule has 0 radical (unpaired) electrons. The first kappa shape index (κ1) is 20.1. The van der Waals surface area contributed by atoms with E-state index in [1.54, 1.807) is 12.1 Å². The summed E-state index contributed by atoms with van der Waals surface area (Å²) >= 11 is 0. The van der Waals surface area contributed by atoms with Crippen molar-refractivity contribution in [1.29, 1.82) is 0 Å². The summed E-state index contributed by atoms with van der Waals surface area (Å²) in [5, 5.41) is 6.91. The third-order valence-electron chi connectivity index (χ3n) is 5.89. The zero-order valence-electron chi connectivity index (χ0n) is 17.0. The number of likely N-dealkylation sites (N-methyl/N-ethyl adjacent to an activating group) is 1. The third-order valence-corrected chi connectivity index (χ3v) is 5.89. The average Bonchev–Trinajstić information content (AvgIpc) is 3.45. The van der Waals surface area contributed by atoms with Crippen LogP contribution in [-0.4, -0.2) is 75.7 Å². The van der Waals surface area contributed by atoms with E-state index in [9.17, 15) is 4.39 Å². The fourth-order valence-electron chi connectivity index (χ4n) is 3.82. The van der Waals surface area contributed by atoms with Gasteiger partial charge in [-0.2, -0.15) is 0 Å². The second-order valence-corrected chi connectivity index (χ2v) is 8.31. The molecule has 1 saturated carbocycles. The van der Waals surface area contributed by atoms with Crippen LogP contribution in [0.4, 0.5) is 4.39 Å². The highest BCUT2D eigenvalue weighted by Crippen LogP contribution is 2.47. The highest BCUT2D eigenvalue weighted by atomic mass is 19.1. The lowest BCUT2D eigenvalue weighted by Gasteiger charge is -2.34. The number of guanidine groups is 1. The van der Waals surface area contributed by atoms with Crippen molar-refractivity contribution in [3.63, 3.8) is 0 Å². The summed E-state index contributed by atoms with van der Waals surface area (Å²) in [5.74, 6) is 1.24. The van der Waals surface area contributed by atoms with E-state index in [0.29, 0.717) is 5.92 Å². The normalized spacial score (nSPS) is 21.7. The molecule has 0 amide bonds. The second kappa shape index (κ2) is 9.02. The number of nitrogens with zero attached hydrogens (tertiary/aromatic N) is 3. The molecule has 0 spiro atoms. The van der Waals surface area contributed by atoms with Gasteiger partial charge in [0.05, 0.1) is 0 Å². The molecular weight excluding hydrogens is 341 g/mol. The molecule has 1 saturated heterocycles. The molecule has 1 atom stereocenters. The second-order valence-electron chi connectivity index (χ2n) is 8.31. The predicted molar refractivity (Wildman–Crippen MR) is 110 cm³/mol. The Labute approximate surface area is 163 Å². The number of aliphatic imine (C=N–C) groups is 1. The average molecular weight is 376 g/mol. The standard InChI is InChI=1S/C21H34FN5/c1-17(15-27-11-9-26(3)10-12-27)14-24-20(23-2)25-16-21(7-8-21)18-5-4-6-19(22)13-18/h4-6,13,17H,7-12,14-16H2,1-3H3,(H2,23,24,25). The van der Waals surface area contributed by atoms with Crippen LogP contribution >= 0.6 is 0 Å². The van der Waals surface area contributed by atoms with Crippen LogP contribution in [0.25, 0.3) is 0 Å². The highest BCUT2D eigenvalue weighted by Gasteiger charge is 2.44. The molecule has 6 heteroatoms. The Morgan fingerprint density at radius 3 is 2.59 bits per heavy atom. The quantitative estimate of drug-likeness (QED) is 0.564. The fourth-order valence-corrected chi connectivity index (χ4v) is 3.82. The van der Waals surface area contributed by atoms with Crippen molar-refractivity contribution in [1.82, 2.24) is 20.4 Å². The van der Waals surface area contributed by atoms with Gasteiger partial charge in [0, 0.05) is 58.3 Å². The number of hydrogen-bond donors (Lipinski definition) is 2. The van der Waals surface area contributed by atoms with Crippen molar-refractivity contribution in [2.75, 3.05) is 59.9 Å². The zero-order valence-corrected chi connectivity index (χ0v) is 17.0. The van der Waals surface area contributed by atoms with E-state index in [4.69, 9.17) is 0 Å². The van der Waals surface area contributed by atoms with Crippen LogP contribution in [0.2, 0.25) is 0 Å².